The normalized spacial score (nSPS) is 10.9. The second-order valence-electron chi connectivity index (χ2n) is 5.67. The van der Waals surface area contributed by atoms with E-state index in [1.54, 1.807) is 36.5 Å². The number of amides is 1. The van der Waals surface area contributed by atoms with Crippen molar-refractivity contribution in [2.24, 2.45) is 0 Å². The van der Waals surface area contributed by atoms with Crippen LogP contribution < -0.4 is 10.4 Å². The molecule has 1 amide bonds. The number of hydrogen-bond donors (Lipinski definition) is 2. The molecule has 0 unspecified atom stereocenters. The third-order valence-electron chi connectivity index (χ3n) is 3.83. The summed E-state index contributed by atoms with van der Waals surface area (Å²) in [7, 11) is 1.70. The van der Waals surface area contributed by atoms with E-state index in [0.29, 0.717) is 16.3 Å². The number of anilines is 2. The molecule has 0 aliphatic carbocycles. The number of pyridine rings is 1. The van der Waals surface area contributed by atoms with Crippen LogP contribution in [0.2, 0.25) is 0 Å². The average molecular weight is 375 g/mol. The second kappa shape index (κ2) is 7.77. The van der Waals surface area contributed by atoms with Gasteiger partial charge in [-0.1, -0.05) is 6.07 Å². The van der Waals surface area contributed by atoms with E-state index in [1.807, 2.05) is 13.0 Å². The Kier molecular flexibility index (Phi) is 5.46. The smallest absolute Gasteiger partial charge is 0.287 e. The van der Waals surface area contributed by atoms with Crippen LogP contribution in [0, 0.1) is 12.7 Å². The van der Waals surface area contributed by atoms with Gasteiger partial charge < -0.3 is 10.0 Å². The zero-order chi connectivity index (χ0) is 18.7. The molecule has 8 heteroatoms. The van der Waals surface area contributed by atoms with Gasteiger partial charge in [0.2, 0.25) is 0 Å². The predicted molar refractivity (Wildman–Crippen MR) is 99.3 cm³/mol. The molecule has 0 saturated carbocycles. The summed E-state index contributed by atoms with van der Waals surface area (Å²) in [5.74, 6) is -0.840. The maximum absolute atomic E-state index is 14.5. The number of fused-ring (bicyclic) bond motifs is 1. The van der Waals surface area contributed by atoms with Crippen molar-refractivity contribution in [3.05, 3.63) is 52.9 Å². The molecule has 136 valence electrons. The topological polar surface area (TPSA) is 74.7 Å². The average Bonchev–Trinajstić information content (AvgIpc) is 3.01. The Labute approximate surface area is 153 Å². The highest BCUT2D eigenvalue weighted by molar-refractivity contribution is 7.21. The Morgan fingerprint density at radius 2 is 2.23 bits per heavy atom. The van der Waals surface area contributed by atoms with Crippen LogP contribution in [-0.2, 0) is 4.84 Å². The summed E-state index contributed by atoms with van der Waals surface area (Å²) in [6, 6.07) is 6.73. The lowest BCUT2D eigenvalue weighted by atomic mass is 10.1. The molecule has 0 atom stereocenters. The van der Waals surface area contributed by atoms with Crippen LogP contribution >= 0.6 is 11.3 Å². The first-order valence-electron chi connectivity index (χ1n) is 7.92. The molecule has 26 heavy (non-hydrogen) atoms. The van der Waals surface area contributed by atoms with E-state index in [9.17, 15) is 9.18 Å². The Hall–Kier alpha value is -2.55. The number of nitrogens with zero attached hydrogens (tertiary/aromatic N) is 2. The second-order valence-corrected chi connectivity index (χ2v) is 6.72. The van der Waals surface area contributed by atoms with Gasteiger partial charge in [-0.05, 0) is 30.7 Å². The fourth-order valence-corrected chi connectivity index (χ4v) is 3.72. The van der Waals surface area contributed by atoms with Crippen LogP contribution in [0.3, 0.4) is 0 Å². The van der Waals surface area contributed by atoms with Gasteiger partial charge in [0.1, 0.15) is 10.7 Å². The molecule has 0 fully saturated rings. The summed E-state index contributed by atoms with van der Waals surface area (Å²) in [5.41, 5.74) is 4.01. The van der Waals surface area contributed by atoms with E-state index < -0.39 is 5.91 Å². The SMILES string of the molecule is Cc1ccc(N(C)c2c(C(=O)NOCCO)sc3ccncc23)c(F)c1. The van der Waals surface area contributed by atoms with Crippen molar-refractivity contribution in [2.75, 3.05) is 25.2 Å². The van der Waals surface area contributed by atoms with Gasteiger partial charge in [0.15, 0.2) is 0 Å². The molecular weight excluding hydrogens is 357 g/mol. The molecule has 0 bridgehead atoms. The van der Waals surface area contributed by atoms with Gasteiger partial charge in [0.05, 0.1) is 24.6 Å². The van der Waals surface area contributed by atoms with Crippen molar-refractivity contribution < 1.29 is 19.1 Å². The molecule has 2 heterocycles. The third kappa shape index (κ3) is 3.52. The quantitative estimate of drug-likeness (QED) is 0.511. The van der Waals surface area contributed by atoms with Crippen molar-refractivity contribution in [3.63, 3.8) is 0 Å². The fourth-order valence-electron chi connectivity index (χ4n) is 2.63. The highest BCUT2D eigenvalue weighted by Gasteiger charge is 2.23. The van der Waals surface area contributed by atoms with E-state index in [-0.39, 0.29) is 19.0 Å². The molecule has 0 radical (unpaired) electrons. The van der Waals surface area contributed by atoms with Gasteiger partial charge in [-0.3, -0.25) is 14.6 Å². The highest BCUT2D eigenvalue weighted by Crippen LogP contribution is 2.40. The minimum Gasteiger partial charge on any atom is -0.394 e. The summed E-state index contributed by atoms with van der Waals surface area (Å²) in [4.78, 5) is 23.6. The number of thiophene rings is 1. The van der Waals surface area contributed by atoms with E-state index in [2.05, 4.69) is 10.5 Å². The minimum atomic E-state index is -0.464. The number of nitrogens with one attached hydrogen (secondary N) is 1. The number of aromatic nitrogens is 1. The first-order valence-corrected chi connectivity index (χ1v) is 8.74. The maximum Gasteiger partial charge on any atom is 0.287 e. The predicted octanol–water partition coefficient (Wildman–Crippen LogP) is 3.17. The number of aliphatic hydroxyl groups excluding tert-OH is 1. The molecule has 2 N–H and O–H groups in total. The first-order chi connectivity index (χ1) is 12.5. The van der Waals surface area contributed by atoms with E-state index in [1.165, 1.54) is 17.4 Å². The maximum atomic E-state index is 14.5. The lowest BCUT2D eigenvalue weighted by Crippen LogP contribution is -2.26. The summed E-state index contributed by atoms with van der Waals surface area (Å²) in [5, 5.41) is 9.52. The Morgan fingerprint density at radius 1 is 1.42 bits per heavy atom. The zero-order valence-corrected chi connectivity index (χ0v) is 15.1. The van der Waals surface area contributed by atoms with Crippen molar-refractivity contribution >= 4 is 38.7 Å². The largest absolute Gasteiger partial charge is 0.394 e. The van der Waals surface area contributed by atoms with Crippen molar-refractivity contribution in [3.8, 4) is 0 Å². The first kappa shape index (κ1) is 18.2. The molecule has 2 aromatic heterocycles. The lowest BCUT2D eigenvalue weighted by Gasteiger charge is -2.21. The number of rotatable bonds is 6. The number of carbonyl (C=O) groups excluding carboxylic acids is 1. The molecule has 0 spiro atoms. The van der Waals surface area contributed by atoms with Gasteiger partial charge in [-0.2, -0.15) is 0 Å². The summed E-state index contributed by atoms with van der Waals surface area (Å²) in [6.45, 7) is 1.59. The number of aliphatic hydroxyl groups is 1. The monoisotopic (exact) mass is 375 g/mol. The van der Waals surface area contributed by atoms with Crippen LogP contribution in [-0.4, -0.2) is 36.3 Å². The van der Waals surface area contributed by atoms with Crippen molar-refractivity contribution in [2.45, 2.75) is 6.92 Å². The molecule has 0 saturated heterocycles. The van der Waals surface area contributed by atoms with Gasteiger partial charge in [-0.15, -0.1) is 11.3 Å². The highest BCUT2D eigenvalue weighted by atomic mass is 32.1. The Balaban J connectivity index is 2.07. The van der Waals surface area contributed by atoms with Crippen LogP contribution in [0.1, 0.15) is 15.2 Å². The number of hydrogen-bond acceptors (Lipinski definition) is 6. The number of benzene rings is 1. The minimum absolute atomic E-state index is 0.0179. The molecule has 0 aliphatic heterocycles. The number of carbonyl (C=O) groups is 1. The number of halogens is 1. The van der Waals surface area contributed by atoms with Gasteiger partial charge in [0.25, 0.3) is 5.91 Å². The zero-order valence-electron chi connectivity index (χ0n) is 14.3. The van der Waals surface area contributed by atoms with Crippen LogP contribution in [0.25, 0.3) is 10.1 Å². The Morgan fingerprint density at radius 3 is 2.96 bits per heavy atom. The fraction of sp³-hybridized carbons (Fsp3) is 0.222. The van der Waals surface area contributed by atoms with E-state index in [4.69, 9.17) is 9.94 Å². The number of aryl methyl sites for hydroxylation is 1. The molecule has 3 aromatic rings. The van der Waals surface area contributed by atoms with Crippen LogP contribution in [0.5, 0.6) is 0 Å². The Bertz CT molecular complexity index is 945. The summed E-state index contributed by atoms with van der Waals surface area (Å²) >= 11 is 1.26. The van der Waals surface area contributed by atoms with E-state index >= 15 is 0 Å². The third-order valence-corrected chi connectivity index (χ3v) is 4.99. The van der Waals surface area contributed by atoms with Crippen LogP contribution in [0.4, 0.5) is 15.8 Å². The van der Waals surface area contributed by atoms with Gasteiger partial charge >= 0.3 is 0 Å². The molecular formula is C18H18FN3O3S. The van der Waals surface area contributed by atoms with Crippen LogP contribution in [0.15, 0.2) is 36.7 Å². The molecule has 6 nitrogen and oxygen atoms in total. The van der Waals surface area contributed by atoms with E-state index in [0.717, 1.165) is 15.6 Å². The molecule has 3 rings (SSSR count). The summed E-state index contributed by atoms with van der Waals surface area (Å²) in [6.07, 6.45) is 3.29. The van der Waals surface area contributed by atoms with Crippen molar-refractivity contribution in [1.29, 1.82) is 0 Å². The van der Waals surface area contributed by atoms with Gasteiger partial charge in [0, 0.05) is 29.5 Å². The standard InChI is InChI=1S/C18H18FN3O3S/c1-11-3-4-14(13(19)9-11)22(2)16-12-10-20-6-5-15(12)26-17(16)18(24)21-25-8-7-23/h3-6,9-10,23H,7-8H2,1-2H3,(H,21,24). The molecule has 0 aliphatic rings. The molecule has 1 aromatic carbocycles. The number of hydroxylamine groups is 1. The summed E-state index contributed by atoms with van der Waals surface area (Å²) < 4.78 is 15.3. The van der Waals surface area contributed by atoms with Crippen molar-refractivity contribution in [1.82, 2.24) is 10.5 Å². The lowest BCUT2D eigenvalue weighted by molar-refractivity contribution is 0.0172. The van der Waals surface area contributed by atoms with Gasteiger partial charge in [-0.25, -0.2) is 9.87 Å².